The van der Waals surface area contributed by atoms with E-state index < -0.39 is 17.8 Å². The standard InChI is InChI=1S/C15H20F3NO3/c1-2-7-21-11-13(20)10-19-6-8-22-14-5-3-4-12(9-14)15(16,17)18/h2-5,9,13,19-20H,1,6-8,10-11H2/t13-/m1/s1. The molecule has 0 saturated carbocycles. The van der Waals surface area contributed by atoms with Crippen molar-refractivity contribution >= 4 is 0 Å². The number of halogens is 3. The van der Waals surface area contributed by atoms with Crippen LogP contribution in [0.2, 0.25) is 0 Å². The third-order valence-corrected chi connectivity index (χ3v) is 2.63. The second-order valence-electron chi connectivity index (χ2n) is 4.56. The molecular weight excluding hydrogens is 299 g/mol. The summed E-state index contributed by atoms with van der Waals surface area (Å²) in [6, 6.07) is 4.71. The Morgan fingerprint density at radius 2 is 2.14 bits per heavy atom. The van der Waals surface area contributed by atoms with Crippen LogP contribution in [0.15, 0.2) is 36.9 Å². The molecule has 4 nitrogen and oxygen atoms in total. The van der Waals surface area contributed by atoms with Crippen LogP contribution >= 0.6 is 0 Å². The molecule has 0 heterocycles. The quantitative estimate of drug-likeness (QED) is 0.513. The van der Waals surface area contributed by atoms with Gasteiger partial charge in [0.15, 0.2) is 0 Å². The van der Waals surface area contributed by atoms with Crippen LogP contribution in [0.1, 0.15) is 5.56 Å². The molecule has 1 aromatic rings. The first kappa shape index (κ1) is 18.5. The molecular formula is C15H20F3NO3. The molecule has 0 amide bonds. The van der Waals surface area contributed by atoms with E-state index in [0.717, 1.165) is 12.1 Å². The highest BCUT2D eigenvalue weighted by atomic mass is 19.4. The molecule has 0 unspecified atom stereocenters. The fraction of sp³-hybridized carbons (Fsp3) is 0.467. The van der Waals surface area contributed by atoms with Crippen molar-refractivity contribution in [2.45, 2.75) is 12.3 Å². The van der Waals surface area contributed by atoms with Gasteiger partial charge in [0.2, 0.25) is 0 Å². The summed E-state index contributed by atoms with van der Waals surface area (Å²) in [4.78, 5) is 0. The minimum atomic E-state index is -4.38. The van der Waals surface area contributed by atoms with Gasteiger partial charge in [-0.15, -0.1) is 6.58 Å². The Bertz CT molecular complexity index is 452. The maximum atomic E-state index is 12.5. The molecule has 1 rings (SSSR count). The Morgan fingerprint density at radius 3 is 2.82 bits per heavy atom. The van der Waals surface area contributed by atoms with E-state index in [1.54, 1.807) is 6.08 Å². The molecule has 0 radical (unpaired) electrons. The zero-order valence-corrected chi connectivity index (χ0v) is 12.1. The van der Waals surface area contributed by atoms with Gasteiger partial charge in [-0.3, -0.25) is 0 Å². The van der Waals surface area contributed by atoms with Crippen molar-refractivity contribution in [2.75, 3.05) is 32.9 Å². The van der Waals surface area contributed by atoms with Gasteiger partial charge in [-0.05, 0) is 18.2 Å². The normalized spacial score (nSPS) is 12.9. The Hall–Kier alpha value is -1.57. The Morgan fingerprint density at radius 1 is 1.36 bits per heavy atom. The number of aliphatic hydroxyl groups is 1. The van der Waals surface area contributed by atoms with Crippen molar-refractivity contribution in [3.8, 4) is 5.75 Å². The molecule has 0 spiro atoms. The molecule has 2 N–H and O–H groups in total. The minimum Gasteiger partial charge on any atom is -0.492 e. The van der Waals surface area contributed by atoms with Crippen LogP contribution in [0.25, 0.3) is 0 Å². The Kier molecular flexibility index (Phi) is 7.94. The van der Waals surface area contributed by atoms with Gasteiger partial charge in [0, 0.05) is 13.1 Å². The van der Waals surface area contributed by atoms with Gasteiger partial charge in [0.05, 0.1) is 24.9 Å². The van der Waals surface area contributed by atoms with Gasteiger partial charge < -0.3 is 19.9 Å². The Balaban J connectivity index is 2.21. The van der Waals surface area contributed by atoms with Crippen LogP contribution in [-0.4, -0.2) is 44.1 Å². The summed E-state index contributed by atoms with van der Waals surface area (Å²) in [7, 11) is 0. The van der Waals surface area contributed by atoms with Crippen molar-refractivity contribution in [3.05, 3.63) is 42.5 Å². The van der Waals surface area contributed by atoms with E-state index in [4.69, 9.17) is 9.47 Å². The van der Waals surface area contributed by atoms with E-state index in [1.165, 1.54) is 12.1 Å². The topological polar surface area (TPSA) is 50.7 Å². The molecule has 0 aliphatic rings. The summed E-state index contributed by atoms with van der Waals surface area (Å²) < 4.78 is 47.8. The maximum absolute atomic E-state index is 12.5. The predicted octanol–water partition coefficient (Wildman–Crippen LogP) is 2.24. The second-order valence-corrected chi connectivity index (χ2v) is 4.56. The average Bonchev–Trinajstić information content (AvgIpc) is 2.46. The molecule has 22 heavy (non-hydrogen) atoms. The molecule has 0 bridgehead atoms. The minimum absolute atomic E-state index is 0.159. The maximum Gasteiger partial charge on any atom is 0.416 e. The van der Waals surface area contributed by atoms with Crippen LogP contribution < -0.4 is 10.1 Å². The highest BCUT2D eigenvalue weighted by Gasteiger charge is 2.30. The summed E-state index contributed by atoms with van der Waals surface area (Å²) in [6.07, 6.45) is -3.45. The van der Waals surface area contributed by atoms with E-state index in [-0.39, 0.29) is 19.0 Å². The van der Waals surface area contributed by atoms with Gasteiger partial charge >= 0.3 is 6.18 Å². The lowest BCUT2D eigenvalue weighted by Crippen LogP contribution is -2.32. The molecule has 0 aliphatic heterocycles. The number of aliphatic hydroxyl groups excluding tert-OH is 1. The summed E-state index contributed by atoms with van der Waals surface area (Å²) in [5.41, 5.74) is -0.743. The van der Waals surface area contributed by atoms with Gasteiger partial charge in [0.25, 0.3) is 0 Å². The van der Waals surface area contributed by atoms with E-state index in [0.29, 0.717) is 19.7 Å². The first-order valence-electron chi connectivity index (χ1n) is 6.81. The number of hydrogen-bond donors (Lipinski definition) is 2. The summed E-state index contributed by atoms with van der Waals surface area (Å²) in [5.74, 6) is 0.159. The molecule has 7 heteroatoms. The third kappa shape index (κ3) is 7.44. The predicted molar refractivity (Wildman–Crippen MR) is 76.8 cm³/mol. The fourth-order valence-electron chi connectivity index (χ4n) is 1.62. The van der Waals surface area contributed by atoms with E-state index in [1.807, 2.05) is 0 Å². The number of alkyl halides is 3. The zero-order chi connectivity index (χ0) is 16.4. The average molecular weight is 319 g/mol. The number of rotatable bonds is 10. The highest BCUT2D eigenvalue weighted by molar-refractivity contribution is 5.30. The fourth-order valence-corrected chi connectivity index (χ4v) is 1.62. The molecule has 0 fully saturated rings. The van der Waals surface area contributed by atoms with Crippen molar-refractivity contribution in [1.82, 2.24) is 5.32 Å². The summed E-state index contributed by atoms with van der Waals surface area (Å²) in [5, 5.41) is 12.5. The lowest BCUT2D eigenvalue weighted by Gasteiger charge is -2.13. The number of benzene rings is 1. The zero-order valence-electron chi connectivity index (χ0n) is 12.1. The molecule has 1 aromatic carbocycles. The summed E-state index contributed by atoms with van der Waals surface area (Å²) in [6.45, 7) is 4.95. The molecule has 0 saturated heterocycles. The van der Waals surface area contributed by atoms with Gasteiger partial charge in [-0.1, -0.05) is 12.1 Å². The van der Waals surface area contributed by atoms with E-state index in [2.05, 4.69) is 11.9 Å². The van der Waals surface area contributed by atoms with Crippen LogP contribution in [0, 0.1) is 0 Å². The van der Waals surface area contributed by atoms with Crippen molar-refractivity contribution in [2.24, 2.45) is 0 Å². The molecule has 124 valence electrons. The lowest BCUT2D eigenvalue weighted by molar-refractivity contribution is -0.137. The van der Waals surface area contributed by atoms with Gasteiger partial charge in [-0.25, -0.2) is 0 Å². The SMILES string of the molecule is C=CCOC[C@H](O)CNCCOc1cccc(C(F)(F)F)c1. The Labute approximate surface area is 127 Å². The number of hydrogen-bond acceptors (Lipinski definition) is 4. The third-order valence-electron chi connectivity index (χ3n) is 2.63. The smallest absolute Gasteiger partial charge is 0.416 e. The second kappa shape index (κ2) is 9.45. The van der Waals surface area contributed by atoms with Crippen molar-refractivity contribution in [3.63, 3.8) is 0 Å². The van der Waals surface area contributed by atoms with E-state index in [9.17, 15) is 18.3 Å². The molecule has 1 atom stereocenters. The van der Waals surface area contributed by atoms with Crippen LogP contribution in [-0.2, 0) is 10.9 Å². The number of ether oxygens (including phenoxy) is 2. The lowest BCUT2D eigenvalue weighted by atomic mass is 10.2. The molecule has 0 aliphatic carbocycles. The first-order chi connectivity index (χ1) is 10.4. The highest BCUT2D eigenvalue weighted by Crippen LogP contribution is 2.31. The van der Waals surface area contributed by atoms with Crippen molar-refractivity contribution in [1.29, 1.82) is 0 Å². The van der Waals surface area contributed by atoms with Crippen LogP contribution in [0.5, 0.6) is 5.75 Å². The van der Waals surface area contributed by atoms with E-state index >= 15 is 0 Å². The first-order valence-corrected chi connectivity index (χ1v) is 6.81. The van der Waals surface area contributed by atoms with Gasteiger partial charge in [0.1, 0.15) is 12.4 Å². The largest absolute Gasteiger partial charge is 0.492 e. The number of nitrogens with one attached hydrogen (secondary N) is 1. The van der Waals surface area contributed by atoms with Crippen LogP contribution in [0.3, 0.4) is 0 Å². The van der Waals surface area contributed by atoms with Crippen molar-refractivity contribution < 1.29 is 27.8 Å². The molecule has 0 aromatic heterocycles. The van der Waals surface area contributed by atoms with Crippen LogP contribution in [0.4, 0.5) is 13.2 Å². The monoisotopic (exact) mass is 319 g/mol. The summed E-state index contributed by atoms with van der Waals surface area (Å²) >= 11 is 0. The van der Waals surface area contributed by atoms with Gasteiger partial charge in [-0.2, -0.15) is 13.2 Å².